The van der Waals surface area contributed by atoms with Crippen molar-refractivity contribution in [2.75, 3.05) is 18.0 Å². The minimum Gasteiger partial charge on any atom is -0.370 e. The maximum absolute atomic E-state index is 13.2. The molecule has 1 aliphatic rings. The first kappa shape index (κ1) is 20.6. The molecule has 3 rings (SSSR count). The lowest BCUT2D eigenvalue weighted by atomic mass is 10.1. The first-order valence-electron chi connectivity index (χ1n) is 9.84. The number of nitrogens with zero attached hydrogens (tertiary/aromatic N) is 2. The van der Waals surface area contributed by atoms with E-state index in [2.05, 4.69) is 0 Å². The van der Waals surface area contributed by atoms with E-state index < -0.39 is 11.8 Å². The molecule has 0 spiro atoms. The van der Waals surface area contributed by atoms with Crippen molar-refractivity contribution in [2.24, 2.45) is 11.7 Å². The van der Waals surface area contributed by atoms with Crippen LogP contribution in [-0.4, -0.2) is 35.7 Å². The molecule has 152 valence electrons. The third-order valence-corrected chi connectivity index (χ3v) is 5.50. The number of anilines is 1. The predicted molar refractivity (Wildman–Crippen MR) is 112 cm³/mol. The Kier molecular flexibility index (Phi) is 6.32. The van der Waals surface area contributed by atoms with Gasteiger partial charge in [0.15, 0.2) is 0 Å². The van der Waals surface area contributed by atoms with Gasteiger partial charge in [-0.3, -0.25) is 14.4 Å². The minimum absolute atomic E-state index is 0.0494. The highest BCUT2D eigenvalue weighted by molar-refractivity contribution is 6.01. The molecule has 0 radical (unpaired) electrons. The maximum atomic E-state index is 13.2. The Balaban J connectivity index is 1.77. The lowest BCUT2D eigenvalue weighted by molar-refractivity contribution is -0.136. The van der Waals surface area contributed by atoms with E-state index in [-0.39, 0.29) is 31.2 Å². The lowest BCUT2D eigenvalue weighted by Gasteiger charge is -2.26. The van der Waals surface area contributed by atoms with E-state index in [0.29, 0.717) is 13.1 Å². The Bertz CT molecular complexity index is 911. The molecule has 1 fully saturated rings. The fourth-order valence-corrected chi connectivity index (χ4v) is 3.71. The molecule has 0 aliphatic carbocycles. The molecule has 1 saturated heterocycles. The summed E-state index contributed by atoms with van der Waals surface area (Å²) in [5.41, 5.74) is 9.28. The Morgan fingerprint density at radius 1 is 1.10 bits per heavy atom. The van der Waals surface area contributed by atoms with E-state index in [1.165, 1.54) is 0 Å². The zero-order valence-corrected chi connectivity index (χ0v) is 16.9. The second-order valence-electron chi connectivity index (χ2n) is 7.59. The number of aryl methyl sites for hydroxylation is 1. The molecule has 1 unspecified atom stereocenters. The maximum Gasteiger partial charge on any atom is 0.228 e. The van der Waals surface area contributed by atoms with Crippen molar-refractivity contribution in [1.29, 1.82) is 0 Å². The zero-order chi connectivity index (χ0) is 21.0. The molecule has 3 amide bonds. The molecular weight excluding hydrogens is 366 g/mol. The van der Waals surface area contributed by atoms with Gasteiger partial charge in [-0.05, 0) is 36.6 Å². The number of carbonyl (C=O) groups is 3. The number of amides is 3. The molecule has 0 bridgehead atoms. The van der Waals surface area contributed by atoms with Gasteiger partial charge in [0.2, 0.25) is 17.7 Å². The summed E-state index contributed by atoms with van der Waals surface area (Å²) in [7, 11) is 0. The molecule has 2 N–H and O–H groups in total. The number of nitrogens with two attached hydrogens (primary N) is 1. The van der Waals surface area contributed by atoms with Crippen molar-refractivity contribution < 1.29 is 14.4 Å². The van der Waals surface area contributed by atoms with Gasteiger partial charge in [0.1, 0.15) is 0 Å². The Morgan fingerprint density at radius 3 is 2.52 bits per heavy atom. The van der Waals surface area contributed by atoms with Gasteiger partial charge in [0.25, 0.3) is 0 Å². The first-order chi connectivity index (χ1) is 13.9. The van der Waals surface area contributed by atoms with Gasteiger partial charge in [0, 0.05) is 38.2 Å². The number of primary amides is 1. The van der Waals surface area contributed by atoms with Crippen molar-refractivity contribution in [3.63, 3.8) is 0 Å². The summed E-state index contributed by atoms with van der Waals surface area (Å²) in [6.07, 6.45) is 0.272. The third-order valence-electron chi connectivity index (χ3n) is 5.50. The van der Waals surface area contributed by atoms with E-state index in [9.17, 15) is 14.4 Å². The number of rotatable bonds is 7. The smallest absolute Gasteiger partial charge is 0.228 e. The van der Waals surface area contributed by atoms with Crippen molar-refractivity contribution in [3.8, 4) is 0 Å². The molecule has 0 aromatic heterocycles. The minimum atomic E-state index is -0.449. The zero-order valence-electron chi connectivity index (χ0n) is 16.9. The SMILES string of the molecule is Cc1cccc(N2CC(C(=O)N(CCC(N)=O)Cc3ccccc3)CC2=O)c1C. The molecule has 1 aliphatic heterocycles. The van der Waals surface area contributed by atoms with Crippen LogP contribution >= 0.6 is 0 Å². The standard InChI is InChI=1S/C23H27N3O3/c1-16-7-6-10-20(17(16)2)26-15-19(13-22(26)28)23(29)25(12-11-21(24)27)14-18-8-4-3-5-9-18/h3-10,19H,11-15H2,1-2H3,(H2,24,27). The average Bonchev–Trinajstić information content (AvgIpc) is 3.09. The summed E-state index contributed by atoms with van der Waals surface area (Å²) in [6.45, 7) is 4.98. The van der Waals surface area contributed by atoms with Crippen LogP contribution in [0.4, 0.5) is 5.69 Å². The highest BCUT2D eigenvalue weighted by Crippen LogP contribution is 2.30. The van der Waals surface area contributed by atoms with Crippen LogP contribution in [0.3, 0.4) is 0 Å². The lowest BCUT2D eigenvalue weighted by Crippen LogP contribution is -2.39. The van der Waals surface area contributed by atoms with Gasteiger partial charge in [0.05, 0.1) is 5.92 Å². The van der Waals surface area contributed by atoms with Crippen molar-refractivity contribution in [3.05, 3.63) is 65.2 Å². The van der Waals surface area contributed by atoms with Gasteiger partial charge >= 0.3 is 0 Å². The molecule has 6 nitrogen and oxygen atoms in total. The van der Waals surface area contributed by atoms with Crippen molar-refractivity contribution in [2.45, 2.75) is 33.2 Å². The summed E-state index contributed by atoms with van der Waals surface area (Å²) in [5, 5.41) is 0. The number of hydrogen-bond donors (Lipinski definition) is 1. The summed E-state index contributed by atoms with van der Waals surface area (Å²) in [5.74, 6) is -1.04. The molecule has 2 aromatic carbocycles. The van der Waals surface area contributed by atoms with Crippen molar-refractivity contribution >= 4 is 23.4 Å². The Labute approximate surface area is 171 Å². The molecule has 6 heteroatoms. The number of carbonyl (C=O) groups excluding carboxylic acids is 3. The summed E-state index contributed by atoms with van der Waals surface area (Å²) < 4.78 is 0. The predicted octanol–water partition coefficient (Wildman–Crippen LogP) is 2.56. The van der Waals surface area contributed by atoms with Gasteiger partial charge in [-0.15, -0.1) is 0 Å². The van der Waals surface area contributed by atoms with Gasteiger partial charge in [-0.25, -0.2) is 0 Å². The summed E-state index contributed by atoms with van der Waals surface area (Å²) in [6, 6.07) is 15.5. The van der Waals surface area contributed by atoms with Crippen LogP contribution < -0.4 is 10.6 Å². The van der Waals surface area contributed by atoms with Crippen LogP contribution in [0, 0.1) is 19.8 Å². The highest BCUT2D eigenvalue weighted by atomic mass is 16.2. The highest BCUT2D eigenvalue weighted by Gasteiger charge is 2.37. The van der Waals surface area contributed by atoms with Gasteiger partial charge < -0.3 is 15.5 Å². The van der Waals surface area contributed by atoms with Crippen molar-refractivity contribution in [1.82, 2.24) is 4.90 Å². The van der Waals surface area contributed by atoms with Gasteiger partial charge in [-0.1, -0.05) is 42.5 Å². The fourth-order valence-electron chi connectivity index (χ4n) is 3.71. The van der Waals surface area contributed by atoms with Crippen LogP contribution in [-0.2, 0) is 20.9 Å². The number of benzene rings is 2. The normalized spacial score (nSPS) is 16.1. The monoisotopic (exact) mass is 393 g/mol. The van der Waals surface area contributed by atoms with Crippen LogP contribution in [0.25, 0.3) is 0 Å². The summed E-state index contributed by atoms with van der Waals surface area (Å²) in [4.78, 5) is 40.5. The van der Waals surface area contributed by atoms with E-state index in [4.69, 9.17) is 5.73 Å². The average molecular weight is 393 g/mol. The topological polar surface area (TPSA) is 83.7 Å². The van der Waals surface area contributed by atoms with Crippen LogP contribution in [0.2, 0.25) is 0 Å². The molecule has 1 atom stereocenters. The Morgan fingerprint density at radius 2 is 1.83 bits per heavy atom. The molecule has 1 heterocycles. The number of hydrogen-bond acceptors (Lipinski definition) is 3. The van der Waals surface area contributed by atoms with Gasteiger partial charge in [-0.2, -0.15) is 0 Å². The van der Waals surface area contributed by atoms with E-state index in [1.54, 1.807) is 9.80 Å². The second-order valence-corrected chi connectivity index (χ2v) is 7.59. The Hall–Kier alpha value is -3.15. The molecule has 2 aromatic rings. The molecule has 29 heavy (non-hydrogen) atoms. The summed E-state index contributed by atoms with van der Waals surface area (Å²) >= 11 is 0. The van der Waals surface area contributed by atoms with Crippen LogP contribution in [0.5, 0.6) is 0 Å². The van der Waals surface area contributed by atoms with Crippen LogP contribution in [0.1, 0.15) is 29.5 Å². The molecule has 0 saturated carbocycles. The van der Waals surface area contributed by atoms with E-state index in [0.717, 1.165) is 22.4 Å². The third kappa shape index (κ3) is 4.83. The largest absolute Gasteiger partial charge is 0.370 e. The quantitative estimate of drug-likeness (QED) is 0.785. The second kappa shape index (κ2) is 8.90. The first-order valence-corrected chi connectivity index (χ1v) is 9.84. The fraction of sp³-hybridized carbons (Fsp3) is 0.348. The molecular formula is C23H27N3O3. The van der Waals surface area contributed by atoms with Crippen LogP contribution in [0.15, 0.2) is 48.5 Å². The van der Waals surface area contributed by atoms with E-state index in [1.807, 2.05) is 62.4 Å². The van der Waals surface area contributed by atoms with E-state index >= 15 is 0 Å².